The Bertz CT molecular complexity index is 933. The SMILES string of the molecule is CCCC/C=C/CCCCCCCC(=O)OC[C@H](CO[C@@H]1O[C@H](CO)[C@H](O)C(O)C1O)OC(=O)CCCCCCC/C=C/C=C/CCCCCC. The molecule has 1 aliphatic heterocycles. The minimum absolute atomic E-state index is 0.210. The van der Waals surface area contributed by atoms with Crippen molar-refractivity contribution in [3.8, 4) is 0 Å². The van der Waals surface area contributed by atoms with Crippen molar-refractivity contribution in [2.24, 2.45) is 0 Å². The zero-order chi connectivity index (χ0) is 37.4. The number of carbonyl (C=O) groups excluding carboxylic acids is 2. The summed E-state index contributed by atoms with van der Waals surface area (Å²) in [6.45, 7) is 3.32. The number of hydrogen-bond donors (Lipinski definition) is 4. The summed E-state index contributed by atoms with van der Waals surface area (Å²) in [5.41, 5.74) is 0. The molecule has 1 aliphatic rings. The van der Waals surface area contributed by atoms with Gasteiger partial charge in [-0.15, -0.1) is 0 Å². The predicted octanol–water partition coefficient (Wildman–Crippen LogP) is 7.55. The third-order valence-electron chi connectivity index (χ3n) is 9.03. The van der Waals surface area contributed by atoms with E-state index in [1.54, 1.807) is 0 Å². The van der Waals surface area contributed by atoms with Gasteiger partial charge in [0, 0.05) is 12.8 Å². The Morgan fingerprint density at radius 1 is 0.608 bits per heavy atom. The van der Waals surface area contributed by atoms with E-state index in [1.165, 1.54) is 38.5 Å². The lowest BCUT2D eigenvalue weighted by Gasteiger charge is -2.39. The summed E-state index contributed by atoms with van der Waals surface area (Å²) >= 11 is 0. The van der Waals surface area contributed by atoms with Crippen LogP contribution >= 0.6 is 0 Å². The Morgan fingerprint density at radius 2 is 1.12 bits per heavy atom. The number of ether oxygens (including phenoxy) is 4. The Kier molecular flexibility index (Phi) is 30.0. The standard InChI is InChI=1S/C41H72O10/c1-3-5-7-9-11-13-15-16-17-18-20-22-24-26-28-30-37(44)50-34(33-49-41-40(47)39(46)38(45)35(31-42)51-41)32-48-36(43)29-27-25-23-21-19-14-12-10-8-6-4-2/h10,12-13,15-17,34-35,38-42,45-47H,3-9,11,14,18-33H2,1-2H3/b12-10+,15-13+,17-16+/t34-,35-,38+,39?,40?,41-/m1/s1. The van der Waals surface area contributed by atoms with Crippen LogP contribution in [0.4, 0.5) is 0 Å². The summed E-state index contributed by atoms with van der Waals surface area (Å²) in [5, 5.41) is 39.9. The second kappa shape index (κ2) is 32.6. The number of aliphatic hydroxyl groups excluding tert-OH is 4. The highest BCUT2D eigenvalue weighted by Crippen LogP contribution is 2.22. The molecular formula is C41H72O10. The number of rotatable bonds is 32. The van der Waals surface area contributed by atoms with Crippen molar-refractivity contribution in [1.29, 1.82) is 0 Å². The predicted molar refractivity (Wildman–Crippen MR) is 201 cm³/mol. The first-order valence-corrected chi connectivity index (χ1v) is 20.1. The second-order valence-corrected chi connectivity index (χ2v) is 13.8. The molecule has 0 aromatic heterocycles. The van der Waals surface area contributed by atoms with E-state index in [1.807, 2.05) is 0 Å². The van der Waals surface area contributed by atoms with Crippen LogP contribution in [0.3, 0.4) is 0 Å². The fourth-order valence-corrected chi connectivity index (χ4v) is 5.75. The van der Waals surface area contributed by atoms with Crippen LogP contribution in [0.15, 0.2) is 36.5 Å². The molecule has 10 nitrogen and oxygen atoms in total. The summed E-state index contributed by atoms with van der Waals surface area (Å²) in [7, 11) is 0. The van der Waals surface area contributed by atoms with E-state index in [-0.39, 0.29) is 26.1 Å². The molecule has 0 radical (unpaired) electrons. The van der Waals surface area contributed by atoms with E-state index in [4.69, 9.17) is 18.9 Å². The number of esters is 2. The average molecular weight is 725 g/mol. The molecule has 1 saturated heterocycles. The van der Waals surface area contributed by atoms with Crippen molar-refractivity contribution in [2.45, 2.75) is 192 Å². The molecule has 0 aromatic rings. The maximum absolute atomic E-state index is 12.7. The summed E-state index contributed by atoms with van der Waals surface area (Å²) in [5.74, 6) is -0.839. The summed E-state index contributed by atoms with van der Waals surface area (Å²) in [4.78, 5) is 25.2. The number of aliphatic hydroxyl groups is 4. The van der Waals surface area contributed by atoms with Gasteiger partial charge < -0.3 is 39.4 Å². The molecular weight excluding hydrogens is 652 g/mol. The van der Waals surface area contributed by atoms with Crippen LogP contribution in [0.1, 0.15) is 155 Å². The molecule has 1 fully saturated rings. The molecule has 0 amide bonds. The van der Waals surface area contributed by atoms with Gasteiger partial charge in [-0.3, -0.25) is 9.59 Å². The molecule has 0 spiro atoms. The third kappa shape index (κ3) is 24.7. The van der Waals surface area contributed by atoms with Gasteiger partial charge in [-0.2, -0.15) is 0 Å². The van der Waals surface area contributed by atoms with Crippen molar-refractivity contribution in [3.05, 3.63) is 36.5 Å². The summed E-state index contributed by atoms with van der Waals surface area (Å²) in [6.07, 6.45) is 27.2. The molecule has 2 unspecified atom stereocenters. The van der Waals surface area contributed by atoms with Crippen molar-refractivity contribution >= 4 is 11.9 Å². The normalized spacial score (nSPS) is 21.6. The van der Waals surface area contributed by atoms with Gasteiger partial charge in [-0.05, 0) is 57.8 Å². The lowest BCUT2D eigenvalue weighted by Crippen LogP contribution is -2.59. The first-order chi connectivity index (χ1) is 24.8. The zero-order valence-corrected chi connectivity index (χ0v) is 31.8. The molecule has 10 heteroatoms. The van der Waals surface area contributed by atoms with Gasteiger partial charge >= 0.3 is 11.9 Å². The molecule has 1 heterocycles. The number of unbranched alkanes of at least 4 members (excludes halogenated alkanes) is 16. The van der Waals surface area contributed by atoms with Gasteiger partial charge in [0.25, 0.3) is 0 Å². The molecule has 1 rings (SSSR count). The fraction of sp³-hybridized carbons (Fsp3) is 0.805. The highest BCUT2D eigenvalue weighted by Gasteiger charge is 2.44. The van der Waals surface area contributed by atoms with Crippen molar-refractivity contribution in [1.82, 2.24) is 0 Å². The number of carbonyl (C=O) groups is 2. The molecule has 0 saturated carbocycles. The lowest BCUT2D eigenvalue weighted by atomic mass is 9.99. The van der Waals surface area contributed by atoms with Crippen molar-refractivity contribution in [3.63, 3.8) is 0 Å². The van der Waals surface area contributed by atoms with Gasteiger partial charge in [0.2, 0.25) is 0 Å². The smallest absolute Gasteiger partial charge is 0.306 e. The Morgan fingerprint density at radius 3 is 1.71 bits per heavy atom. The highest BCUT2D eigenvalue weighted by atomic mass is 16.7. The van der Waals surface area contributed by atoms with Gasteiger partial charge in [0.15, 0.2) is 12.4 Å². The topological polar surface area (TPSA) is 152 Å². The van der Waals surface area contributed by atoms with Crippen LogP contribution in [0, 0.1) is 0 Å². The highest BCUT2D eigenvalue weighted by molar-refractivity contribution is 5.70. The molecule has 51 heavy (non-hydrogen) atoms. The van der Waals surface area contributed by atoms with Gasteiger partial charge in [0.1, 0.15) is 31.0 Å². The molecule has 296 valence electrons. The average Bonchev–Trinajstić information content (AvgIpc) is 3.13. The van der Waals surface area contributed by atoms with Gasteiger partial charge in [-0.25, -0.2) is 0 Å². The minimum atomic E-state index is -1.60. The monoisotopic (exact) mass is 725 g/mol. The van der Waals surface area contributed by atoms with Crippen LogP contribution in [0.5, 0.6) is 0 Å². The van der Waals surface area contributed by atoms with Crippen LogP contribution in [0.25, 0.3) is 0 Å². The van der Waals surface area contributed by atoms with Crippen molar-refractivity contribution in [2.75, 3.05) is 19.8 Å². The first kappa shape index (κ1) is 46.9. The molecule has 0 aliphatic carbocycles. The largest absolute Gasteiger partial charge is 0.462 e. The van der Waals surface area contributed by atoms with Crippen LogP contribution in [0.2, 0.25) is 0 Å². The Balaban J connectivity index is 2.41. The first-order valence-electron chi connectivity index (χ1n) is 20.1. The fourth-order valence-electron chi connectivity index (χ4n) is 5.75. The zero-order valence-electron chi connectivity index (χ0n) is 31.8. The van der Waals surface area contributed by atoms with Gasteiger partial charge in [0.05, 0.1) is 13.2 Å². The molecule has 0 aromatic carbocycles. The van der Waals surface area contributed by atoms with E-state index >= 15 is 0 Å². The quantitative estimate of drug-likeness (QED) is 0.0237. The van der Waals surface area contributed by atoms with E-state index < -0.39 is 55.4 Å². The number of hydrogen-bond acceptors (Lipinski definition) is 10. The molecule has 6 atom stereocenters. The van der Waals surface area contributed by atoms with Crippen LogP contribution in [-0.4, -0.2) is 89.0 Å². The van der Waals surface area contributed by atoms with E-state index in [0.717, 1.165) is 77.0 Å². The number of allylic oxidation sites excluding steroid dienone is 6. The summed E-state index contributed by atoms with van der Waals surface area (Å²) < 4.78 is 22.0. The van der Waals surface area contributed by atoms with E-state index in [9.17, 15) is 30.0 Å². The lowest BCUT2D eigenvalue weighted by molar-refractivity contribution is -0.305. The van der Waals surface area contributed by atoms with E-state index in [0.29, 0.717) is 12.8 Å². The molecule has 4 N–H and O–H groups in total. The maximum atomic E-state index is 12.7. The second-order valence-electron chi connectivity index (χ2n) is 13.8. The van der Waals surface area contributed by atoms with Crippen LogP contribution in [-0.2, 0) is 28.5 Å². The Labute approximate surface area is 308 Å². The molecule has 0 bridgehead atoms. The van der Waals surface area contributed by atoms with Crippen LogP contribution < -0.4 is 0 Å². The summed E-state index contributed by atoms with van der Waals surface area (Å²) in [6, 6.07) is 0. The third-order valence-corrected chi connectivity index (χ3v) is 9.03. The maximum Gasteiger partial charge on any atom is 0.306 e. The van der Waals surface area contributed by atoms with Crippen molar-refractivity contribution < 1.29 is 49.0 Å². The minimum Gasteiger partial charge on any atom is -0.462 e. The van der Waals surface area contributed by atoms with E-state index in [2.05, 4.69) is 50.3 Å². The van der Waals surface area contributed by atoms with Gasteiger partial charge in [-0.1, -0.05) is 121 Å². The Hall–Kier alpha value is -2.08.